The molecule has 1 atom stereocenters. The van der Waals surface area contributed by atoms with Gasteiger partial charge in [0.2, 0.25) is 0 Å². The predicted molar refractivity (Wildman–Crippen MR) is 73.6 cm³/mol. The molecule has 21 heavy (non-hydrogen) atoms. The molecule has 0 amide bonds. The number of nitrogens with zero attached hydrogens (tertiary/aromatic N) is 2. The van der Waals surface area contributed by atoms with E-state index in [0.29, 0.717) is 5.69 Å². The highest BCUT2D eigenvalue weighted by atomic mass is 19.1. The number of rotatable bonds is 4. The molecule has 0 spiro atoms. The van der Waals surface area contributed by atoms with Crippen molar-refractivity contribution in [2.24, 2.45) is 5.10 Å². The van der Waals surface area contributed by atoms with Crippen molar-refractivity contribution < 1.29 is 23.8 Å². The lowest BCUT2D eigenvalue weighted by Gasteiger charge is -2.29. The molecule has 0 unspecified atom stereocenters. The van der Waals surface area contributed by atoms with Crippen LogP contribution in [0.5, 0.6) is 0 Å². The maximum Gasteiger partial charge on any atom is 0.354 e. The molecule has 0 fully saturated rings. The number of carbonyl (C=O) groups is 2. The first kappa shape index (κ1) is 15.0. The number of aliphatic carboxylic acids is 1. The van der Waals surface area contributed by atoms with E-state index in [9.17, 15) is 19.1 Å². The Morgan fingerprint density at radius 1 is 1.43 bits per heavy atom. The number of carboxylic acids is 1. The van der Waals surface area contributed by atoms with Crippen molar-refractivity contribution in [3.05, 3.63) is 30.1 Å². The van der Waals surface area contributed by atoms with Crippen LogP contribution in [-0.4, -0.2) is 34.9 Å². The van der Waals surface area contributed by atoms with E-state index in [1.165, 1.54) is 36.2 Å². The minimum Gasteiger partial charge on any atom is -0.479 e. The van der Waals surface area contributed by atoms with Gasteiger partial charge in [-0.25, -0.2) is 19.0 Å². The molecule has 112 valence electrons. The second kappa shape index (κ2) is 5.51. The van der Waals surface area contributed by atoms with Crippen molar-refractivity contribution in [3.63, 3.8) is 0 Å². The zero-order chi connectivity index (χ0) is 15.6. The van der Waals surface area contributed by atoms with Crippen LogP contribution in [0, 0.1) is 5.82 Å². The number of hydrazone groups is 1. The molecule has 6 nitrogen and oxygen atoms in total. The fraction of sp³-hybridized carbons (Fsp3) is 0.357. The van der Waals surface area contributed by atoms with Crippen molar-refractivity contribution in [3.8, 4) is 0 Å². The van der Waals surface area contributed by atoms with E-state index in [1.807, 2.05) is 0 Å². The summed E-state index contributed by atoms with van der Waals surface area (Å²) >= 11 is 0. The molecule has 0 bridgehead atoms. The summed E-state index contributed by atoms with van der Waals surface area (Å²) in [6.07, 6.45) is -0.0848. The molecule has 0 aromatic heterocycles. The normalized spacial score (nSPS) is 21.1. The lowest BCUT2D eigenvalue weighted by atomic mass is 9.95. The van der Waals surface area contributed by atoms with Gasteiger partial charge in [-0.2, -0.15) is 5.10 Å². The highest BCUT2D eigenvalue weighted by Gasteiger charge is 2.48. The molecule has 0 saturated heterocycles. The fourth-order valence-corrected chi connectivity index (χ4v) is 2.09. The zero-order valence-electron chi connectivity index (χ0n) is 11.7. The van der Waals surface area contributed by atoms with Crippen molar-refractivity contribution >= 4 is 23.3 Å². The standard InChI is InChI=1S/C14H15FN2O4/c1-3-21-12(18)11-8-14(2,13(19)20)17(16-11)10-6-4-9(15)5-7-10/h4-7H,3,8H2,1-2H3,(H,19,20)/t14-/m1/s1. The minimum atomic E-state index is -1.42. The Bertz CT molecular complexity index is 599. The number of hydrogen-bond donors (Lipinski definition) is 1. The van der Waals surface area contributed by atoms with Crippen LogP contribution in [0.25, 0.3) is 0 Å². The van der Waals surface area contributed by atoms with Gasteiger partial charge in [0.1, 0.15) is 11.5 Å². The summed E-state index contributed by atoms with van der Waals surface area (Å²) in [7, 11) is 0. The average Bonchev–Trinajstić information content (AvgIpc) is 2.80. The molecule has 0 saturated carbocycles. The third kappa shape index (κ3) is 2.72. The van der Waals surface area contributed by atoms with Crippen LogP contribution in [0.4, 0.5) is 10.1 Å². The first-order chi connectivity index (χ1) is 9.88. The lowest BCUT2D eigenvalue weighted by molar-refractivity contribution is -0.142. The Kier molecular flexibility index (Phi) is 3.93. The second-order valence-corrected chi connectivity index (χ2v) is 4.81. The summed E-state index contributed by atoms with van der Waals surface area (Å²) < 4.78 is 17.8. The number of carboxylic acid groups (broad SMARTS) is 1. The summed E-state index contributed by atoms with van der Waals surface area (Å²) in [6, 6.07) is 5.23. The molecule has 1 N–H and O–H groups in total. The summed E-state index contributed by atoms with van der Waals surface area (Å²) in [5.41, 5.74) is -0.994. The van der Waals surface area contributed by atoms with Crippen molar-refractivity contribution in [1.82, 2.24) is 0 Å². The number of ether oxygens (including phenoxy) is 1. The Balaban J connectivity index is 2.40. The molecule has 0 radical (unpaired) electrons. The van der Waals surface area contributed by atoms with Gasteiger partial charge in [0.15, 0.2) is 5.54 Å². The van der Waals surface area contributed by atoms with Crippen molar-refractivity contribution in [2.75, 3.05) is 11.6 Å². The Morgan fingerprint density at radius 3 is 2.57 bits per heavy atom. The van der Waals surface area contributed by atoms with Gasteiger partial charge < -0.3 is 9.84 Å². The quantitative estimate of drug-likeness (QED) is 0.857. The van der Waals surface area contributed by atoms with E-state index in [2.05, 4.69) is 5.10 Å². The van der Waals surface area contributed by atoms with Gasteiger partial charge in [-0.15, -0.1) is 0 Å². The van der Waals surface area contributed by atoms with E-state index in [1.54, 1.807) is 6.92 Å². The second-order valence-electron chi connectivity index (χ2n) is 4.81. The number of hydrogen-bond acceptors (Lipinski definition) is 5. The lowest BCUT2D eigenvalue weighted by Crippen LogP contribution is -2.47. The largest absolute Gasteiger partial charge is 0.479 e. The molecule has 0 aliphatic carbocycles. The number of carbonyl (C=O) groups excluding carboxylic acids is 1. The van der Waals surface area contributed by atoms with Crippen molar-refractivity contribution in [2.45, 2.75) is 25.8 Å². The van der Waals surface area contributed by atoms with E-state index < -0.39 is 23.3 Å². The highest BCUT2D eigenvalue weighted by Crippen LogP contribution is 2.33. The van der Waals surface area contributed by atoms with Gasteiger partial charge >= 0.3 is 11.9 Å². The van der Waals surface area contributed by atoms with Crippen LogP contribution in [0.2, 0.25) is 0 Å². The summed E-state index contributed by atoms with van der Waals surface area (Å²) in [6.45, 7) is 3.29. The molecule has 1 aromatic rings. The molecule has 1 aliphatic heterocycles. The number of esters is 1. The minimum absolute atomic E-state index is 0.0334. The van der Waals surface area contributed by atoms with E-state index in [-0.39, 0.29) is 18.7 Å². The van der Waals surface area contributed by atoms with E-state index in [0.717, 1.165) is 0 Å². The molecule has 7 heteroatoms. The monoisotopic (exact) mass is 294 g/mol. The zero-order valence-corrected chi connectivity index (χ0v) is 11.7. The molecular weight excluding hydrogens is 279 g/mol. The van der Waals surface area contributed by atoms with E-state index in [4.69, 9.17) is 4.74 Å². The smallest absolute Gasteiger partial charge is 0.354 e. The maximum atomic E-state index is 13.0. The van der Waals surface area contributed by atoms with Gasteiger partial charge in [0.25, 0.3) is 0 Å². The van der Waals surface area contributed by atoms with Gasteiger partial charge in [0.05, 0.1) is 12.3 Å². The maximum absolute atomic E-state index is 13.0. The molecular formula is C14H15FN2O4. The van der Waals surface area contributed by atoms with Crippen LogP contribution >= 0.6 is 0 Å². The van der Waals surface area contributed by atoms with Crippen LogP contribution in [0.3, 0.4) is 0 Å². The SMILES string of the molecule is CCOC(=O)C1=NN(c2ccc(F)cc2)[C@@](C)(C(=O)O)C1. The molecule has 1 heterocycles. The predicted octanol–water partition coefficient (Wildman–Crippen LogP) is 1.80. The molecule has 1 aromatic carbocycles. The number of benzene rings is 1. The highest BCUT2D eigenvalue weighted by molar-refractivity contribution is 6.38. The Hall–Kier alpha value is -2.44. The van der Waals surface area contributed by atoms with Crippen molar-refractivity contribution in [1.29, 1.82) is 0 Å². The van der Waals surface area contributed by atoms with Crippen LogP contribution < -0.4 is 5.01 Å². The molecule has 1 aliphatic rings. The third-order valence-corrected chi connectivity index (χ3v) is 3.24. The number of halogens is 1. The Labute approximate surface area is 120 Å². The first-order valence-corrected chi connectivity index (χ1v) is 6.42. The van der Waals surface area contributed by atoms with Gasteiger partial charge in [-0.05, 0) is 38.1 Å². The van der Waals surface area contributed by atoms with Gasteiger partial charge in [-0.1, -0.05) is 0 Å². The summed E-state index contributed by atoms with van der Waals surface area (Å²) in [4.78, 5) is 23.3. The van der Waals surface area contributed by atoms with Gasteiger partial charge in [0, 0.05) is 6.42 Å². The fourth-order valence-electron chi connectivity index (χ4n) is 2.09. The Morgan fingerprint density at radius 2 is 2.05 bits per heavy atom. The molecule has 2 rings (SSSR count). The first-order valence-electron chi connectivity index (χ1n) is 6.42. The summed E-state index contributed by atoms with van der Waals surface area (Å²) in [5, 5.41) is 14.7. The third-order valence-electron chi connectivity index (χ3n) is 3.24. The topological polar surface area (TPSA) is 79.2 Å². The van der Waals surface area contributed by atoms with Crippen LogP contribution in [-0.2, 0) is 14.3 Å². The number of anilines is 1. The van der Waals surface area contributed by atoms with Gasteiger partial charge in [-0.3, -0.25) is 0 Å². The average molecular weight is 294 g/mol. The van der Waals surface area contributed by atoms with Crippen LogP contribution in [0.15, 0.2) is 29.4 Å². The van der Waals surface area contributed by atoms with E-state index >= 15 is 0 Å². The van der Waals surface area contributed by atoms with Crippen LogP contribution in [0.1, 0.15) is 20.3 Å². The summed E-state index contributed by atoms with van der Waals surface area (Å²) in [5.74, 6) is -2.21.